The molecule has 0 aromatic heterocycles. The van der Waals surface area contributed by atoms with Crippen LogP contribution in [0.4, 0.5) is 5.69 Å². The SMILES string of the molecule is COc1cc(CCNC(=O)Cc2c([N+](=O)[O-])cc(OCc3ccccc3)c(OC)c2CO)ccc1OCc1ccccc1. The number of aliphatic hydroxyl groups is 1. The molecule has 0 spiro atoms. The zero-order valence-corrected chi connectivity index (χ0v) is 24.1. The second kappa shape index (κ2) is 15.2. The van der Waals surface area contributed by atoms with Crippen molar-refractivity contribution in [2.75, 3.05) is 20.8 Å². The molecule has 4 aromatic carbocycles. The van der Waals surface area contributed by atoms with Gasteiger partial charge in [-0.15, -0.1) is 0 Å². The number of benzene rings is 4. The van der Waals surface area contributed by atoms with Gasteiger partial charge in [0.2, 0.25) is 5.91 Å². The van der Waals surface area contributed by atoms with Crippen molar-refractivity contribution in [2.24, 2.45) is 0 Å². The largest absolute Gasteiger partial charge is 0.493 e. The molecule has 0 saturated heterocycles. The second-order valence-corrected chi connectivity index (χ2v) is 9.61. The van der Waals surface area contributed by atoms with Crippen molar-refractivity contribution in [2.45, 2.75) is 32.7 Å². The van der Waals surface area contributed by atoms with Crippen LogP contribution in [-0.2, 0) is 37.5 Å². The van der Waals surface area contributed by atoms with Gasteiger partial charge >= 0.3 is 0 Å². The van der Waals surface area contributed by atoms with E-state index in [4.69, 9.17) is 18.9 Å². The van der Waals surface area contributed by atoms with Crippen LogP contribution in [0.5, 0.6) is 23.0 Å². The number of hydrogen-bond acceptors (Lipinski definition) is 8. The van der Waals surface area contributed by atoms with E-state index < -0.39 is 17.4 Å². The fourth-order valence-corrected chi connectivity index (χ4v) is 4.60. The molecule has 0 bridgehead atoms. The van der Waals surface area contributed by atoms with Gasteiger partial charge in [0.1, 0.15) is 13.2 Å². The molecule has 10 heteroatoms. The topological polar surface area (TPSA) is 129 Å². The number of methoxy groups -OCH3 is 2. The first-order valence-electron chi connectivity index (χ1n) is 13.7. The minimum atomic E-state index is -0.593. The highest BCUT2D eigenvalue weighted by Crippen LogP contribution is 2.40. The fourth-order valence-electron chi connectivity index (χ4n) is 4.60. The van der Waals surface area contributed by atoms with Gasteiger partial charge in [-0.3, -0.25) is 14.9 Å². The number of rotatable bonds is 15. The predicted octanol–water partition coefficient (Wildman–Crippen LogP) is 5.16. The third-order valence-corrected chi connectivity index (χ3v) is 6.77. The Labute approximate surface area is 249 Å². The lowest BCUT2D eigenvalue weighted by atomic mass is 10.00. The van der Waals surface area contributed by atoms with E-state index >= 15 is 0 Å². The molecule has 224 valence electrons. The summed E-state index contributed by atoms with van der Waals surface area (Å²) in [6.45, 7) is 0.251. The van der Waals surface area contributed by atoms with Crippen molar-refractivity contribution in [3.8, 4) is 23.0 Å². The maximum Gasteiger partial charge on any atom is 0.277 e. The Kier molecular flexibility index (Phi) is 10.9. The molecule has 0 saturated carbocycles. The summed E-state index contributed by atoms with van der Waals surface area (Å²) in [5, 5.41) is 24.9. The quantitative estimate of drug-likeness (QED) is 0.144. The van der Waals surface area contributed by atoms with E-state index in [9.17, 15) is 20.0 Å². The van der Waals surface area contributed by atoms with Gasteiger partial charge in [-0.2, -0.15) is 0 Å². The molecule has 4 rings (SSSR count). The Morgan fingerprint density at radius 3 is 1.98 bits per heavy atom. The molecule has 0 atom stereocenters. The minimum Gasteiger partial charge on any atom is -0.493 e. The Balaban J connectivity index is 1.41. The number of nitro groups is 1. The van der Waals surface area contributed by atoms with Gasteiger partial charge in [0, 0.05) is 17.7 Å². The first kappa shape index (κ1) is 30.9. The molecule has 2 N–H and O–H groups in total. The Morgan fingerprint density at radius 1 is 0.791 bits per heavy atom. The smallest absolute Gasteiger partial charge is 0.277 e. The third kappa shape index (κ3) is 8.23. The molecule has 0 aliphatic rings. The summed E-state index contributed by atoms with van der Waals surface area (Å²) in [6, 6.07) is 25.9. The number of amides is 1. The van der Waals surface area contributed by atoms with Gasteiger partial charge in [0.05, 0.1) is 38.2 Å². The maximum atomic E-state index is 12.9. The summed E-state index contributed by atoms with van der Waals surface area (Å²) in [7, 11) is 2.94. The van der Waals surface area contributed by atoms with Gasteiger partial charge < -0.3 is 29.4 Å². The number of nitrogens with zero attached hydrogens (tertiary/aromatic N) is 1. The Morgan fingerprint density at radius 2 is 1.42 bits per heavy atom. The minimum absolute atomic E-state index is 0.0653. The van der Waals surface area contributed by atoms with Crippen LogP contribution in [-0.4, -0.2) is 36.7 Å². The first-order chi connectivity index (χ1) is 20.9. The van der Waals surface area contributed by atoms with E-state index in [1.807, 2.05) is 78.9 Å². The summed E-state index contributed by atoms with van der Waals surface area (Å²) in [5.41, 5.74) is 2.66. The normalized spacial score (nSPS) is 10.6. The average molecular weight is 587 g/mol. The monoisotopic (exact) mass is 586 g/mol. The second-order valence-electron chi connectivity index (χ2n) is 9.61. The van der Waals surface area contributed by atoms with Crippen molar-refractivity contribution in [1.29, 1.82) is 0 Å². The third-order valence-electron chi connectivity index (χ3n) is 6.77. The molecule has 0 unspecified atom stereocenters. The van der Waals surface area contributed by atoms with E-state index in [1.54, 1.807) is 7.11 Å². The molecule has 0 radical (unpaired) electrons. The van der Waals surface area contributed by atoms with Crippen LogP contribution >= 0.6 is 0 Å². The van der Waals surface area contributed by atoms with Crippen molar-refractivity contribution < 1.29 is 33.8 Å². The summed E-state index contributed by atoms with van der Waals surface area (Å²) in [4.78, 5) is 24.3. The molecular weight excluding hydrogens is 552 g/mol. The number of aliphatic hydroxyl groups excluding tert-OH is 1. The van der Waals surface area contributed by atoms with Gasteiger partial charge in [0.25, 0.3) is 5.69 Å². The van der Waals surface area contributed by atoms with Gasteiger partial charge in [-0.25, -0.2) is 0 Å². The van der Waals surface area contributed by atoms with Crippen LogP contribution in [0, 0.1) is 10.1 Å². The zero-order valence-electron chi connectivity index (χ0n) is 24.1. The number of nitrogens with one attached hydrogen (secondary N) is 1. The van der Waals surface area contributed by atoms with Crippen LogP contribution in [0.3, 0.4) is 0 Å². The highest BCUT2D eigenvalue weighted by Gasteiger charge is 2.27. The number of ether oxygens (including phenoxy) is 4. The van der Waals surface area contributed by atoms with E-state index in [0.717, 1.165) is 16.7 Å². The first-order valence-corrected chi connectivity index (χ1v) is 13.7. The van der Waals surface area contributed by atoms with E-state index in [2.05, 4.69) is 5.32 Å². The van der Waals surface area contributed by atoms with Crippen LogP contribution in [0.1, 0.15) is 27.8 Å². The van der Waals surface area contributed by atoms with Gasteiger partial charge in [-0.05, 0) is 35.2 Å². The number of nitro benzene ring substituents is 1. The lowest BCUT2D eigenvalue weighted by molar-refractivity contribution is -0.385. The van der Waals surface area contributed by atoms with E-state index in [0.29, 0.717) is 24.5 Å². The molecule has 10 nitrogen and oxygen atoms in total. The molecule has 43 heavy (non-hydrogen) atoms. The summed E-state index contributed by atoms with van der Waals surface area (Å²) in [5.74, 6) is 0.996. The maximum absolute atomic E-state index is 12.9. The molecule has 4 aromatic rings. The van der Waals surface area contributed by atoms with Crippen molar-refractivity contribution in [3.63, 3.8) is 0 Å². The van der Waals surface area contributed by atoms with Crippen LogP contribution < -0.4 is 24.3 Å². The van der Waals surface area contributed by atoms with Gasteiger partial charge in [-0.1, -0.05) is 66.7 Å². The molecule has 0 aliphatic heterocycles. The molecule has 0 heterocycles. The molecule has 1 amide bonds. The summed E-state index contributed by atoms with van der Waals surface area (Å²) < 4.78 is 22.7. The fraction of sp³-hybridized carbons (Fsp3) is 0.242. The van der Waals surface area contributed by atoms with E-state index in [-0.39, 0.29) is 47.9 Å². The Hall–Kier alpha value is -5.09. The van der Waals surface area contributed by atoms with Crippen LogP contribution in [0.15, 0.2) is 84.9 Å². The van der Waals surface area contributed by atoms with Crippen molar-refractivity contribution >= 4 is 11.6 Å². The van der Waals surface area contributed by atoms with E-state index in [1.165, 1.54) is 13.2 Å². The standard InChI is InChI=1S/C33H34N2O8/c1-40-30-17-23(13-14-29(30)42-21-24-9-5-3-6-10-24)15-16-34-32(37)18-26-27(20-36)33(41-2)31(19-28(26)35(38)39)43-22-25-11-7-4-8-12-25/h3-14,17,19,36H,15-16,18,20-22H2,1-2H3,(H,34,37). The summed E-state index contributed by atoms with van der Waals surface area (Å²) >= 11 is 0. The number of hydrogen-bond donors (Lipinski definition) is 2. The lowest BCUT2D eigenvalue weighted by Crippen LogP contribution is -2.28. The van der Waals surface area contributed by atoms with Crippen LogP contribution in [0.25, 0.3) is 0 Å². The predicted molar refractivity (Wildman–Crippen MR) is 161 cm³/mol. The highest BCUT2D eigenvalue weighted by molar-refractivity contribution is 5.81. The highest BCUT2D eigenvalue weighted by atomic mass is 16.6. The molecular formula is C33H34N2O8. The number of carbonyl (C=O) groups excluding carboxylic acids is 1. The lowest BCUT2D eigenvalue weighted by Gasteiger charge is -2.17. The summed E-state index contributed by atoms with van der Waals surface area (Å²) in [6.07, 6.45) is 0.169. The molecule has 0 fully saturated rings. The Bertz CT molecular complexity index is 1530. The average Bonchev–Trinajstić information content (AvgIpc) is 3.03. The van der Waals surface area contributed by atoms with Crippen molar-refractivity contribution in [3.05, 3.63) is 123 Å². The van der Waals surface area contributed by atoms with Crippen LogP contribution in [0.2, 0.25) is 0 Å². The van der Waals surface area contributed by atoms with Gasteiger partial charge in [0.15, 0.2) is 23.0 Å². The number of carbonyl (C=O) groups is 1. The van der Waals surface area contributed by atoms with Crippen molar-refractivity contribution in [1.82, 2.24) is 5.32 Å². The zero-order chi connectivity index (χ0) is 30.6. The molecule has 0 aliphatic carbocycles.